The van der Waals surface area contributed by atoms with Crippen molar-refractivity contribution >= 4 is 81.8 Å². The Morgan fingerprint density at radius 2 is 0.915 bits per heavy atom. The summed E-state index contributed by atoms with van der Waals surface area (Å²) in [5, 5.41) is 9.12. The second-order valence-corrected chi connectivity index (χ2v) is 12.4. The summed E-state index contributed by atoms with van der Waals surface area (Å²) in [4.78, 5) is 14.2. The van der Waals surface area contributed by atoms with Gasteiger partial charge in [-0.15, -0.1) is 0 Å². The van der Waals surface area contributed by atoms with Gasteiger partial charge < -0.3 is 8.83 Å². The fourth-order valence-electron chi connectivity index (χ4n) is 7.86. The van der Waals surface area contributed by atoms with E-state index >= 15 is 0 Å². The maximum absolute atomic E-state index is 14.2. The van der Waals surface area contributed by atoms with E-state index < -0.39 is 0 Å². The number of para-hydroxylation sites is 4. The molecular weight excluding hydrogens is 578 g/mol. The van der Waals surface area contributed by atoms with Gasteiger partial charge in [-0.1, -0.05) is 97.1 Å². The Labute approximate surface area is 266 Å². The fraction of sp³-hybridized carbons (Fsp3) is 0. The lowest BCUT2D eigenvalue weighted by Crippen LogP contribution is -2.12. The summed E-state index contributed by atoms with van der Waals surface area (Å²) in [5.74, 6) is 0. The van der Waals surface area contributed by atoms with Crippen LogP contribution < -0.4 is 5.56 Å². The Balaban J connectivity index is 1.27. The van der Waals surface area contributed by atoms with Gasteiger partial charge in [0.25, 0.3) is 5.56 Å². The first-order chi connectivity index (χ1) is 23.2. The van der Waals surface area contributed by atoms with E-state index in [1.807, 2.05) is 59.0 Å². The van der Waals surface area contributed by atoms with Crippen molar-refractivity contribution < 1.29 is 8.83 Å². The average molecular weight is 602 g/mol. The minimum atomic E-state index is -0.00706. The third kappa shape index (κ3) is 3.23. The van der Waals surface area contributed by atoms with Crippen molar-refractivity contribution in [3.05, 3.63) is 150 Å². The lowest BCUT2D eigenvalue weighted by molar-refractivity contribution is 0.669. The molecule has 0 amide bonds. The lowest BCUT2D eigenvalue weighted by Gasteiger charge is -2.10. The molecular formula is C43H23NO3. The minimum absolute atomic E-state index is 0.00706. The van der Waals surface area contributed by atoms with Crippen LogP contribution in [-0.2, 0) is 0 Å². The summed E-state index contributed by atoms with van der Waals surface area (Å²) in [5.41, 5.74) is 9.41. The highest BCUT2D eigenvalue weighted by Crippen LogP contribution is 2.43. The van der Waals surface area contributed by atoms with E-state index in [1.165, 1.54) is 0 Å². The molecule has 0 aliphatic heterocycles. The summed E-state index contributed by atoms with van der Waals surface area (Å²) in [7, 11) is 0. The molecule has 4 heteroatoms. The molecule has 0 radical (unpaired) electrons. The summed E-state index contributed by atoms with van der Waals surface area (Å²) in [6.45, 7) is 0. The molecule has 0 atom stereocenters. The van der Waals surface area contributed by atoms with E-state index in [-0.39, 0.29) is 5.56 Å². The van der Waals surface area contributed by atoms with Crippen molar-refractivity contribution in [2.75, 3.05) is 0 Å². The van der Waals surface area contributed by atoms with Gasteiger partial charge in [0, 0.05) is 54.2 Å². The molecule has 7 aromatic carbocycles. The third-order valence-corrected chi connectivity index (χ3v) is 9.94. The normalized spacial score (nSPS) is 12.3. The Morgan fingerprint density at radius 1 is 0.404 bits per heavy atom. The van der Waals surface area contributed by atoms with E-state index in [4.69, 9.17) is 8.83 Å². The molecule has 11 aromatic rings. The molecule has 4 heterocycles. The largest absolute Gasteiger partial charge is 0.455 e. The van der Waals surface area contributed by atoms with Crippen LogP contribution in [0.1, 0.15) is 0 Å². The van der Waals surface area contributed by atoms with Gasteiger partial charge in [-0.05, 0) is 59.0 Å². The number of hydrogen-bond acceptors (Lipinski definition) is 3. The third-order valence-electron chi connectivity index (χ3n) is 9.94. The van der Waals surface area contributed by atoms with Gasteiger partial charge >= 0.3 is 0 Å². The Morgan fingerprint density at radius 3 is 1.57 bits per heavy atom. The Bertz CT molecular complexity index is 3160. The maximum Gasteiger partial charge on any atom is 0.263 e. The van der Waals surface area contributed by atoms with E-state index in [2.05, 4.69) is 84.9 Å². The monoisotopic (exact) mass is 601 g/mol. The second-order valence-electron chi connectivity index (χ2n) is 12.4. The molecule has 0 fully saturated rings. The van der Waals surface area contributed by atoms with Crippen LogP contribution in [0, 0.1) is 0 Å². The molecule has 0 aliphatic rings. The van der Waals surface area contributed by atoms with Crippen molar-refractivity contribution in [1.29, 1.82) is 0 Å². The molecule has 4 aromatic heterocycles. The molecule has 11 rings (SSSR count). The van der Waals surface area contributed by atoms with Gasteiger partial charge in [-0.3, -0.25) is 9.20 Å². The van der Waals surface area contributed by atoms with Crippen LogP contribution in [0.25, 0.3) is 104 Å². The van der Waals surface area contributed by atoms with Gasteiger partial charge in [-0.2, -0.15) is 0 Å². The predicted octanol–water partition coefficient (Wildman–Crippen LogP) is 11.3. The number of benzene rings is 7. The number of rotatable bonds is 2. The molecule has 0 saturated heterocycles. The number of nitrogens with zero attached hydrogens (tertiary/aromatic N) is 1. The molecule has 218 valence electrons. The van der Waals surface area contributed by atoms with E-state index in [0.29, 0.717) is 5.39 Å². The zero-order valence-corrected chi connectivity index (χ0v) is 25.0. The first-order valence-corrected chi connectivity index (χ1v) is 15.8. The second kappa shape index (κ2) is 8.87. The van der Waals surface area contributed by atoms with Crippen LogP contribution in [0.2, 0.25) is 0 Å². The highest BCUT2D eigenvalue weighted by atomic mass is 16.3. The van der Waals surface area contributed by atoms with Crippen molar-refractivity contribution in [3.8, 4) is 22.3 Å². The molecule has 0 aliphatic carbocycles. The van der Waals surface area contributed by atoms with Crippen LogP contribution >= 0.6 is 0 Å². The van der Waals surface area contributed by atoms with Crippen LogP contribution in [-0.4, -0.2) is 4.40 Å². The molecule has 0 saturated carbocycles. The minimum Gasteiger partial charge on any atom is -0.455 e. The average Bonchev–Trinajstić information content (AvgIpc) is 3.80. The van der Waals surface area contributed by atoms with E-state index in [0.717, 1.165) is 98.7 Å². The summed E-state index contributed by atoms with van der Waals surface area (Å²) in [6.07, 6.45) is 0. The van der Waals surface area contributed by atoms with Crippen LogP contribution in [0.5, 0.6) is 0 Å². The Kier molecular flexibility index (Phi) is 4.69. The maximum atomic E-state index is 14.2. The zero-order chi connectivity index (χ0) is 30.8. The quantitative estimate of drug-likeness (QED) is 0.185. The number of pyridine rings is 1. The molecule has 0 spiro atoms. The molecule has 0 bridgehead atoms. The highest BCUT2D eigenvalue weighted by molar-refractivity contribution is 6.23. The van der Waals surface area contributed by atoms with Crippen molar-refractivity contribution in [2.24, 2.45) is 0 Å². The summed E-state index contributed by atoms with van der Waals surface area (Å²) < 4.78 is 14.8. The summed E-state index contributed by atoms with van der Waals surface area (Å²) in [6, 6.07) is 47.8. The first-order valence-electron chi connectivity index (χ1n) is 15.8. The lowest BCUT2D eigenvalue weighted by atomic mass is 9.95. The van der Waals surface area contributed by atoms with Crippen LogP contribution in [0.4, 0.5) is 0 Å². The zero-order valence-electron chi connectivity index (χ0n) is 25.0. The molecule has 0 unspecified atom stereocenters. The van der Waals surface area contributed by atoms with Gasteiger partial charge in [0.05, 0.1) is 11.0 Å². The summed E-state index contributed by atoms with van der Waals surface area (Å²) >= 11 is 0. The molecule has 47 heavy (non-hydrogen) atoms. The van der Waals surface area contributed by atoms with Gasteiger partial charge in [0.1, 0.15) is 22.3 Å². The fourth-order valence-corrected chi connectivity index (χ4v) is 7.86. The standard InChI is InChI=1S/C43H23NO3/c45-43-33-12-2-1-9-28(33)35-22-25(27-14-8-16-32-30-11-4-6-18-39(30)47-42(27)32)23-36-34-21-24(19-20-37(34)44(43)40(35)36)26-13-7-15-31-29-10-3-5-17-38(29)46-41(26)31/h1-23H. The smallest absolute Gasteiger partial charge is 0.263 e. The van der Waals surface area contributed by atoms with E-state index in [9.17, 15) is 4.79 Å². The van der Waals surface area contributed by atoms with Gasteiger partial charge in [-0.25, -0.2) is 0 Å². The Hall–Kier alpha value is -6.39. The highest BCUT2D eigenvalue weighted by Gasteiger charge is 2.21. The van der Waals surface area contributed by atoms with Crippen molar-refractivity contribution in [3.63, 3.8) is 0 Å². The first kappa shape index (κ1) is 24.9. The van der Waals surface area contributed by atoms with E-state index in [1.54, 1.807) is 0 Å². The predicted molar refractivity (Wildman–Crippen MR) is 193 cm³/mol. The molecule has 0 N–H and O–H groups in total. The molecule has 4 nitrogen and oxygen atoms in total. The number of hydrogen-bond donors (Lipinski definition) is 0. The van der Waals surface area contributed by atoms with Crippen molar-refractivity contribution in [2.45, 2.75) is 0 Å². The number of furan rings is 2. The van der Waals surface area contributed by atoms with Crippen LogP contribution in [0.3, 0.4) is 0 Å². The van der Waals surface area contributed by atoms with Crippen molar-refractivity contribution in [1.82, 2.24) is 4.40 Å². The number of aromatic nitrogens is 1. The van der Waals surface area contributed by atoms with Crippen LogP contribution in [0.15, 0.2) is 153 Å². The van der Waals surface area contributed by atoms with Gasteiger partial charge in [0.2, 0.25) is 0 Å². The SMILES string of the molecule is O=c1c2ccccc2c2cc(-c3cccc4c3oc3ccccc34)cc3c4cc(-c5cccc6c5oc5ccccc56)ccc4n1c23. The topological polar surface area (TPSA) is 47.8 Å². The number of fused-ring (bicyclic) bond motifs is 11. The van der Waals surface area contributed by atoms with Gasteiger partial charge in [0.15, 0.2) is 0 Å².